The fraction of sp³-hybridized carbons (Fsp3) is 0.700. The van der Waals surface area contributed by atoms with Crippen molar-refractivity contribution < 1.29 is 9.59 Å². The van der Waals surface area contributed by atoms with E-state index in [0.29, 0.717) is 12.8 Å². The number of allylic oxidation sites excluding steroid dienone is 3. The lowest BCUT2D eigenvalue weighted by molar-refractivity contribution is -0.134. The number of rotatable bonds is 6. The Morgan fingerprint density at radius 1 is 1.16 bits per heavy atom. The molecule has 1 atom stereocenters. The van der Waals surface area contributed by atoms with Crippen molar-refractivity contribution in [1.29, 1.82) is 0 Å². The van der Waals surface area contributed by atoms with Crippen LogP contribution in [0.2, 0.25) is 0 Å². The Labute approximate surface area is 152 Å². The highest BCUT2D eigenvalue weighted by Crippen LogP contribution is 2.13. The van der Waals surface area contributed by atoms with E-state index in [-0.39, 0.29) is 17.9 Å². The maximum absolute atomic E-state index is 12.5. The van der Waals surface area contributed by atoms with Gasteiger partial charge in [-0.25, -0.2) is 0 Å². The van der Waals surface area contributed by atoms with Gasteiger partial charge in [-0.2, -0.15) is 0 Å². The van der Waals surface area contributed by atoms with E-state index >= 15 is 0 Å². The number of amides is 2. The zero-order valence-corrected chi connectivity index (χ0v) is 16.0. The monoisotopic (exact) mass is 347 g/mol. The van der Waals surface area contributed by atoms with E-state index < -0.39 is 0 Å². The summed E-state index contributed by atoms with van der Waals surface area (Å²) in [6, 6.07) is -0.295. The molecule has 0 radical (unpaired) electrons. The first-order valence-corrected chi connectivity index (χ1v) is 9.55. The molecule has 2 aliphatic heterocycles. The maximum atomic E-state index is 12.5. The quantitative estimate of drug-likeness (QED) is 0.751. The van der Waals surface area contributed by atoms with Crippen molar-refractivity contribution in [3.63, 3.8) is 0 Å². The lowest BCUT2D eigenvalue weighted by Crippen LogP contribution is -2.45. The van der Waals surface area contributed by atoms with E-state index in [4.69, 9.17) is 0 Å². The van der Waals surface area contributed by atoms with Gasteiger partial charge < -0.3 is 10.2 Å². The second-order valence-corrected chi connectivity index (χ2v) is 7.51. The van der Waals surface area contributed by atoms with Gasteiger partial charge in [0.2, 0.25) is 11.8 Å². The number of hydrogen-bond donors (Lipinski definition) is 1. The summed E-state index contributed by atoms with van der Waals surface area (Å²) >= 11 is 0. The summed E-state index contributed by atoms with van der Waals surface area (Å²) in [4.78, 5) is 28.2. The molecular formula is C20H33N3O2. The Hall–Kier alpha value is -1.62. The highest BCUT2D eigenvalue weighted by Gasteiger charge is 2.31. The van der Waals surface area contributed by atoms with Gasteiger partial charge in [0.05, 0.1) is 0 Å². The molecule has 2 heterocycles. The van der Waals surface area contributed by atoms with Gasteiger partial charge >= 0.3 is 0 Å². The van der Waals surface area contributed by atoms with E-state index in [1.54, 1.807) is 0 Å². The molecule has 1 unspecified atom stereocenters. The second-order valence-electron chi connectivity index (χ2n) is 7.51. The van der Waals surface area contributed by atoms with Gasteiger partial charge in [0.15, 0.2) is 0 Å². The second kappa shape index (κ2) is 9.76. The summed E-state index contributed by atoms with van der Waals surface area (Å²) in [5.41, 5.74) is 2.81. The van der Waals surface area contributed by atoms with Crippen molar-refractivity contribution in [3.05, 3.63) is 23.3 Å². The predicted molar refractivity (Wildman–Crippen MR) is 101 cm³/mol. The normalized spacial score (nSPS) is 22.5. The van der Waals surface area contributed by atoms with Crippen molar-refractivity contribution >= 4 is 11.8 Å². The van der Waals surface area contributed by atoms with Crippen LogP contribution < -0.4 is 5.32 Å². The minimum absolute atomic E-state index is 0.00326. The first-order chi connectivity index (χ1) is 12.0. The fourth-order valence-electron chi connectivity index (χ4n) is 3.37. The number of nitrogens with one attached hydrogen (secondary N) is 1. The molecule has 2 amide bonds. The van der Waals surface area contributed by atoms with E-state index in [1.165, 1.54) is 11.1 Å². The number of hydrogen-bond acceptors (Lipinski definition) is 3. The van der Waals surface area contributed by atoms with Gasteiger partial charge in [-0.05, 0) is 46.5 Å². The Bertz CT molecular complexity index is 535. The average Bonchev–Trinajstić information content (AvgIpc) is 2.86. The van der Waals surface area contributed by atoms with Crippen LogP contribution in [0.5, 0.6) is 0 Å². The van der Waals surface area contributed by atoms with Crippen LogP contribution in [0.1, 0.15) is 52.9 Å². The van der Waals surface area contributed by atoms with E-state index in [9.17, 15) is 9.59 Å². The fourth-order valence-corrected chi connectivity index (χ4v) is 3.37. The summed E-state index contributed by atoms with van der Waals surface area (Å²) in [7, 11) is 0. The third kappa shape index (κ3) is 6.65. The number of nitrogens with zero attached hydrogens (tertiary/aromatic N) is 2. The van der Waals surface area contributed by atoms with E-state index in [0.717, 1.165) is 52.0 Å². The Kier molecular flexibility index (Phi) is 7.69. The van der Waals surface area contributed by atoms with Gasteiger partial charge in [-0.1, -0.05) is 23.3 Å². The smallest absolute Gasteiger partial charge is 0.245 e. The van der Waals surface area contributed by atoms with Crippen molar-refractivity contribution in [2.24, 2.45) is 0 Å². The molecule has 0 aromatic rings. The molecule has 2 aliphatic rings. The van der Waals surface area contributed by atoms with Crippen LogP contribution in [-0.2, 0) is 9.59 Å². The summed E-state index contributed by atoms with van der Waals surface area (Å²) in [6.45, 7) is 10.9. The molecule has 25 heavy (non-hydrogen) atoms. The molecule has 2 fully saturated rings. The summed E-state index contributed by atoms with van der Waals surface area (Å²) in [5, 5.41) is 2.79. The molecule has 2 saturated heterocycles. The Morgan fingerprint density at radius 3 is 2.64 bits per heavy atom. The maximum Gasteiger partial charge on any atom is 0.245 e. The minimum Gasteiger partial charge on any atom is -0.344 e. The Morgan fingerprint density at radius 2 is 1.96 bits per heavy atom. The van der Waals surface area contributed by atoms with Crippen LogP contribution in [0.15, 0.2) is 23.3 Å². The summed E-state index contributed by atoms with van der Waals surface area (Å²) in [5.74, 6) is 0.102. The van der Waals surface area contributed by atoms with Gasteiger partial charge in [0.1, 0.15) is 6.04 Å². The van der Waals surface area contributed by atoms with Crippen molar-refractivity contribution in [1.82, 2.24) is 15.1 Å². The molecule has 0 aromatic carbocycles. The predicted octanol–water partition coefficient (Wildman–Crippen LogP) is 2.49. The third-order valence-electron chi connectivity index (χ3n) is 4.98. The molecule has 0 aromatic heterocycles. The molecule has 0 spiro atoms. The van der Waals surface area contributed by atoms with Crippen LogP contribution in [0, 0.1) is 0 Å². The molecule has 1 N–H and O–H groups in total. The highest BCUT2D eigenvalue weighted by molar-refractivity contribution is 5.90. The third-order valence-corrected chi connectivity index (χ3v) is 4.98. The van der Waals surface area contributed by atoms with Gasteiger partial charge in [0, 0.05) is 39.1 Å². The first kappa shape index (κ1) is 19.7. The van der Waals surface area contributed by atoms with Crippen LogP contribution in [0.3, 0.4) is 0 Å². The molecule has 0 aliphatic carbocycles. The summed E-state index contributed by atoms with van der Waals surface area (Å²) in [6.07, 6.45) is 8.96. The Balaban J connectivity index is 1.76. The van der Waals surface area contributed by atoms with Crippen molar-refractivity contribution in [3.8, 4) is 0 Å². The van der Waals surface area contributed by atoms with Gasteiger partial charge in [-0.15, -0.1) is 0 Å². The van der Waals surface area contributed by atoms with Crippen molar-refractivity contribution in [2.45, 2.75) is 58.9 Å². The SMILES string of the molecule is CC(C)=CCCC(C)=CCN1CCCN(C(=O)C2CCC(=O)N2)CC1. The standard InChI is InChI=1S/C20H33N3O2/c1-16(2)6-4-7-17(3)10-13-22-11-5-12-23(15-14-22)20(25)18-8-9-19(24)21-18/h6,10,18H,4-5,7-9,11-15H2,1-3H3,(H,21,24). The molecule has 0 bridgehead atoms. The van der Waals surface area contributed by atoms with Crippen LogP contribution in [0.4, 0.5) is 0 Å². The zero-order chi connectivity index (χ0) is 18.2. The topological polar surface area (TPSA) is 52.7 Å². The zero-order valence-electron chi connectivity index (χ0n) is 16.0. The van der Waals surface area contributed by atoms with Crippen LogP contribution in [-0.4, -0.2) is 60.4 Å². The largest absolute Gasteiger partial charge is 0.344 e. The van der Waals surface area contributed by atoms with E-state index in [1.807, 2.05) is 4.90 Å². The molecule has 5 heteroatoms. The molecule has 0 saturated carbocycles. The van der Waals surface area contributed by atoms with Gasteiger partial charge in [0.25, 0.3) is 0 Å². The molecule has 5 nitrogen and oxygen atoms in total. The number of carbonyl (C=O) groups excluding carboxylic acids is 2. The molecule has 2 rings (SSSR count). The molecular weight excluding hydrogens is 314 g/mol. The van der Waals surface area contributed by atoms with Gasteiger partial charge in [-0.3, -0.25) is 14.5 Å². The van der Waals surface area contributed by atoms with Crippen LogP contribution in [0.25, 0.3) is 0 Å². The lowest BCUT2D eigenvalue weighted by atomic mass is 10.1. The molecule has 140 valence electrons. The highest BCUT2D eigenvalue weighted by atomic mass is 16.2. The average molecular weight is 348 g/mol. The lowest BCUT2D eigenvalue weighted by Gasteiger charge is -2.24. The first-order valence-electron chi connectivity index (χ1n) is 9.55. The number of carbonyl (C=O) groups is 2. The van der Waals surface area contributed by atoms with Crippen molar-refractivity contribution in [2.75, 3.05) is 32.7 Å². The van der Waals surface area contributed by atoms with Crippen LogP contribution >= 0.6 is 0 Å². The van der Waals surface area contributed by atoms with E-state index in [2.05, 4.69) is 43.1 Å². The summed E-state index contributed by atoms with van der Waals surface area (Å²) < 4.78 is 0. The minimum atomic E-state index is -0.295.